The minimum absolute atomic E-state index is 0.0379. The van der Waals surface area contributed by atoms with Gasteiger partial charge in [0.15, 0.2) is 9.84 Å². The number of hydrogen-bond donors (Lipinski definition) is 0. The first kappa shape index (κ1) is 23.8. The number of hydrogen-bond acceptors (Lipinski definition) is 4. The Morgan fingerprint density at radius 1 is 1.18 bits per heavy atom. The number of nitrogens with zero attached hydrogens (tertiary/aromatic N) is 4. The largest absolute Gasteiger partial charge is 0.416 e. The summed E-state index contributed by atoms with van der Waals surface area (Å²) in [7, 11) is -2.52. The molecule has 7 nitrogen and oxygen atoms in total. The Bertz CT molecular complexity index is 1370. The zero-order valence-corrected chi connectivity index (χ0v) is 18.5. The molecule has 170 valence electrons. The highest BCUT2D eigenvalue weighted by Crippen LogP contribution is 2.42. The molecule has 2 aromatic rings. The first-order chi connectivity index (χ1) is 15.3. The average Bonchev–Trinajstić information content (AvgIpc) is 2.75. The summed E-state index contributed by atoms with van der Waals surface area (Å²) in [5.74, 6) is 0. The molecule has 0 saturated carbocycles. The smallest absolute Gasteiger partial charge is 0.325 e. The van der Waals surface area contributed by atoms with Crippen LogP contribution in [0.2, 0.25) is 0 Å². The predicted molar refractivity (Wildman–Crippen MR) is 113 cm³/mol. The van der Waals surface area contributed by atoms with Crippen LogP contribution in [-0.4, -0.2) is 32.7 Å². The summed E-state index contributed by atoms with van der Waals surface area (Å²) in [6, 6.07) is 8.04. The van der Waals surface area contributed by atoms with E-state index in [0.29, 0.717) is 0 Å². The molecule has 0 N–H and O–H groups in total. The summed E-state index contributed by atoms with van der Waals surface area (Å²) < 4.78 is 64.4. The average molecular weight is 474 g/mol. The molecule has 33 heavy (non-hydrogen) atoms. The van der Waals surface area contributed by atoms with Crippen molar-refractivity contribution < 1.29 is 26.4 Å². The molecule has 2 amide bonds. The molecule has 1 aliphatic rings. The third-order valence-electron chi connectivity index (χ3n) is 5.23. The zero-order chi connectivity index (χ0) is 24.7. The second-order valence-corrected chi connectivity index (χ2v) is 9.38. The number of urea groups is 1. The third-order valence-corrected chi connectivity index (χ3v) is 6.39. The van der Waals surface area contributed by atoms with Crippen LogP contribution in [0.3, 0.4) is 0 Å². The molecular formula is C22H17F3N4O3S. The molecule has 1 aliphatic heterocycles. The molecule has 1 atom stereocenters. The predicted octanol–water partition coefficient (Wildman–Crippen LogP) is 4.74. The van der Waals surface area contributed by atoms with Gasteiger partial charge in [0.2, 0.25) is 5.70 Å². The Morgan fingerprint density at radius 2 is 1.85 bits per heavy atom. The van der Waals surface area contributed by atoms with Gasteiger partial charge in [-0.2, -0.15) is 18.4 Å². The number of allylic oxidation sites excluding steroid dienone is 1. The van der Waals surface area contributed by atoms with Crippen LogP contribution in [0, 0.1) is 17.9 Å². The van der Waals surface area contributed by atoms with Gasteiger partial charge in [0, 0.05) is 24.7 Å². The topological polar surface area (TPSA) is 85.8 Å². The van der Waals surface area contributed by atoms with Gasteiger partial charge >= 0.3 is 12.2 Å². The fourth-order valence-electron chi connectivity index (χ4n) is 3.68. The number of halogens is 3. The number of nitriles is 1. The number of anilines is 1. The monoisotopic (exact) mass is 474 g/mol. The minimum atomic E-state index is -4.63. The molecule has 0 spiro atoms. The highest BCUT2D eigenvalue weighted by molar-refractivity contribution is 7.90. The number of alkyl halides is 3. The molecule has 0 unspecified atom stereocenters. The van der Waals surface area contributed by atoms with Gasteiger partial charge in [-0.15, -0.1) is 0 Å². The van der Waals surface area contributed by atoms with E-state index in [4.69, 9.17) is 11.8 Å². The molecule has 0 bridgehead atoms. The lowest BCUT2D eigenvalue weighted by molar-refractivity contribution is -0.137. The maximum atomic E-state index is 13.3. The molecule has 0 fully saturated rings. The molecule has 0 radical (unpaired) electrons. The summed E-state index contributed by atoms with van der Waals surface area (Å²) >= 11 is 0. The number of likely N-dealkylation sites (N-methyl/N-ethyl adjacent to an activating group) is 1. The lowest BCUT2D eigenvalue weighted by atomic mass is 9.97. The third kappa shape index (κ3) is 4.28. The molecule has 0 aliphatic carbocycles. The van der Waals surface area contributed by atoms with Crippen molar-refractivity contribution in [2.75, 3.05) is 18.2 Å². The van der Waals surface area contributed by atoms with Gasteiger partial charge in [-0.1, -0.05) is 12.1 Å². The minimum Gasteiger partial charge on any atom is -0.325 e. The highest BCUT2D eigenvalue weighted by atomic mass is 32.2. The van der Waals surface area contributed by atoms with E-state index in [-0.39, 0.29) is 33.1 Å². The van der Waals surface area contributed by atoms with Crippen molar-refractivity contribution >= 4 is 21.6 Å². The molecule has 0 aromatic heterocycles. The van der Waals surface area contributed by atoms with Crippen molar-refractivity contribution in [2.45, 2.75) is 24.0 Å². The zero-order valence-electron chi connectivity index (χ0n) is 17.7. The summed E-state index contributed by atoms with van der Waals surface area (Å²) in [5.41, 5.74) is -0.811. The van der Waals surface area contributed by atoms with E-state index in [2.05, 4.69) is 4.85 Å². The van der Waals surface area contributed by atoms with Gasteiger partial charge < -0.3 is 4.90 Å². The molecular weight excluding hydrogens is 457 g/mol. The van der Waals surface area contributed by atoms with Gasteiger partial charge in [-0.05, 0) is 42.8 Å². The van der Waals surface area contributed by atoms with Crippen molar-refractivity contribution in [1.29, 1.82) is 5.26 Å². The lowest BCUT2D eigenvalue weighted by Gasteiger charge is -2.40. The van der Waals surface area contributed by atoms with Gasteiger partial charge in [0.05, 0.1) is 34.7 Å². The second-order valence-electron chi connectivity index (χ2n) is 7.40. The van der Waals surface area contributed by atoms with Crippen LogP contribution in [0.15, 0.2) is 58.8 Å². The van der Waals surface area contributed by atoms with E-state index in [9.17, 15) is 26.4 Å². The number of benzene rings is 2. The maximum absolute atomic E-state index is 13.3. The first-order valence-corrected chi connectivity index (χ1v) is 11.3. The SMILES string of the molecule is [C-]#[N+]C1=C(C)N(c2cccc(C(F)(F)F)c2)C(=O)N(C)[C@@H]1c1ccc(C#N)cc1S(C)(=O)=O. The second kappa shape index (κ2) is 8.26. The van der Waals surface area contributed by atoms with Crippen LogP contribution in [0.1, 0.15) is 29.7 Å². The van der Waals surface area contributed by atoms with Crippen molar-refractivity contribution in [1.82, 2.24) is 4.90 Å². The van der Waals surface area contributed by atoms with Crippen molar-refractivity contribution in [3.8, 4) is 6.07 Å². The molecule has 0 saturated heterocycles. The Labute approximate surface area is 188 Å². The van der Waals surface area contributed by atoms with Crippen LogP contribution in [0.25, 0.3) is 4.85 Å². The molecule has 11 heteroatoms. The molecule has 1 heterocycles. The van der Waals surface area contributed by atoms with Gasteiger partial charge in [-0.25, -0.2) is 18.1 Å². The van der Waals surface area contributed by atoms with E-state index in [1.807, 2.05) is 6.07 Å². The van der Waals surface area contributed by atoms with Gasteiger partial charge in [-0.3, -0.25) is 4.90 Å². The molecule has 3 rings (SSSR count). The van der Waals surface area contributed by atoms with Crippen LogP contribution in [-0.2, 0) is 16.0 Å². The number of rotatable bonds is 3. The number of sulfone groups is 1. The fourth-order valence-corrected chi connectivity index (χ4v) is 4.63. The Balaban J connectivity index is 2.25. The van der Waals surface area contributed by atoms with Crippen molar-refractivity contribution in [2.24, 2.45) is 0 Å². The standard InChI is InChI=1S/C22H17F3N4O3S/c1-13-19(27-2)20(17-9-8-14(12-26)10-18(17)33(4,31)32)28(3)21(30)29(13)16-7-5-6-15(11-16)22(23,24)25/h5-11,20H,1,3-4H3/t20-/m1/s1. The van der Waals surface area contributed by atoms with Crippen molar-refractivity contribution in [3.05, 3.63) is 82.0 Å². The van der Waals surface area contributed by atoms with Crippen LogP contribution >= 0.6 is 0 Å². The van der Waals surface area contributed by atoms with Crippen LogP contribution in [0.4, 0.5) is 23.7 Å². The van der Waals surface area contributed by atoms with Crippen LogP contribution < -0.4 is 4.90 Å². The van der Waals surface area contributed by atoms with E-state index in [0.717, 1.165) is 34.3 Å². The summed E-state index contributed by atoms with van der Waals surface area (Å²) in [6.07, 6.45) is -3.68. The fraction of sp³-hybridized carbons (Fsp3) is 0.227. The Hall–Kier alpha value is -3.83. The molecule has 2 aromatic carbocycles. The number of carbonyl (C=O) groups is 1. The Kier molecular flexibility index (Phi) is 5.96. The van der Waals surface area contributed by atoms with E-state index in [1.165, 1.54) is 38.2 Å². The van der Waals surface area contributed by atoms with Crippen molar-refractivity contribution in [3.63, 3.8) is 0 Å². The van der Waals surface area contributed by atoms with E-state index in [1.54, 1.807) is 0 Å². The maximum Gasteiger partial charge on any atom is 0.416 e. The Morgan fingerprint density at radius 3 is 2.39 bits per heavy atom. The summed E-state index contributed by atoms with van der Waals surface area (Å²) in [4.78, 5) is 18.6. The quantitative estimate of drug-likeness (QED) is 0.601. The number of carbonyl (C=O) groups excluding carboxylic acids is 1. The van der Waals surface area contributed by atoms with E-state index >= 15 is 0 Å². The summed E-state index contributed by atoms with van der Waals surface area (Å²) in [5, 5.41) is 9.15. The van der Waals surface area contributed by atoms with Gasteiger partial charge in [0.25, 0.3) is 0 Å². The highest BCUT2D eigenvalue weighted by Gasteiger charge is 2.41. The van der Waals surface area contributed by atoms with E-state index < -0.39 is 33.6 Å². The summed E-state index contributed by atoms with van der Waals surface area (Å²) in [6.45, 7) is 9.09. The van der Waals surface area contributed by atoms with Crippen LogP contribution in [0.5, 0.6) is 0 Å². The van der Waals surface area contributed by atoms with Gasteiger partial charge in [0.1, 0.15) is 0 Å². The number of amides is 2. The lowest BCUT2D eigenvalue weighted by Crippen LogP contribution is -2.47. The normalized spacial score (nSPS) is 17.1. The first-order valence-electron chi connectivity index (χ1n) is 9.37.